The molecule has 1 aliphatic carbocycles. The summed E-state index contributed by atoms with van der Waals surface area (Å²) in [6, 6.07) is 3.64. The number of benzene rings is 1. The van der Waals surface area contributed by atoms with E-state index in [2.05, 4.69) is 0 Å². The molecule has 1 aromatic rings. The Morgan fingerprint density at radius 3 is 2.47 bits per heavy atom. The van der Waals surface area contributed by atoms with Crippen molar-refractivity contribution in [3.63, 3.8) is 0 Å². The van der Waals surface area contributed by atoms with E-state index in [0.717, 1.165) is 6.07 Å². The predicted octanol–water partition coefficient (Wildman–Crippen LogP) is 1.54. The van der Waals surface area contributed by atoms with Crippen molar-refractivity contribution in [2.24, 2.45) is 0 Å². The lowest BCUT2D eigenvalue weighted by Crippen LogP contribution is -2.06. The molecule has 0 aromatic heterocycles. The molecule has 17 heavy (non-hydrogen) atoms. The second-order valence-electron chi connectivity index (χ2n) is 3.61. The Morgan fingerprint density at radius 1 is 1.29 bits per heavy atom. The third-order valence-corrected chi connectivity index (χ3v) is 2.54. The molecule has 1 aliphatic rings. The van der Waals surface area contributed by atoms with E-state index in [9.17, 15) is 19.6 Å². The molecule has 0 aliphatic heterocycles. The Kier molecular flexibility index (Phi) is 2.27. The van der Waals surface area contributed by atoms with Gasteiger partial charge in [-0.1, -0.05) is 0 Å². The van der Waals surface area contributed by atoms with Crippen molar-refractivity contribution in [2.75, 3.05) is 0 Å². The van der Waals surface area contributed by atoms with Crippen molar-refractivity contribution in [1.82, 2.24) is 0 Å². The van der Waals surface area contributed by atoms with Gasteiger partial charge >= 0.3 is 5.69 Å². The molecule has 2 rings (SSSR count). The standard InChI is InChI=1S/C11H7NO5/c1-5(13)9-10(14)7-3-2-6(12(16)17)4-8(7)11(9)15/h2-4H,1H3,(H-,13,14,15,16,17)/p+1. The number of aliphatic hydroxyl groups excluding tert-OH is 1. The Bertz CT molecular complexity index is 600. The minimum Gasteiger partial charge on any atom is -0.506 e. The third kappa shape index (κ3) is 1.50. The molecule has 0 unspecified atom stereocenters. The lowest BCUT2D eigenvalue weighted by atomic mass is 10.1. The summed E-state index contributed by atoms with van der Waals surface area (Å²) in [5.74, 6) is -1.58. The van der Waals surface area contributed by atoms with Crippen LogP contribution in [-0.2, 0) is 4.79 Å². The number of hydrogen-bond acceptors (Lipinski definition) is 4. The Morgan fingerprint density at radius 2 is 1.94 bits per heavy atom. The first-order chi connectivity index (χ1) is 7.93. The molecule has 2 N–H and O–H groups in total. The molecule has 0 atom stereocenters. The van der Waals surface area contributed by atoms with Gasteiger partial charge in [0.1, 0.15) is 11.3 Å². The number of carbonyl (C=O) groups excluding carboxylic acids is 2. The van der Waals surface area contributed by atoms with Crippen LogP contribution in [0.3, 0.4) is 0 Å². The molecule has 0 amide bonds. The molecule has 0 bridgehead atoms. The Hall–Kier alpha value is -2.50. The predicted molar refractivity (Wildman–Crippen MR) is 56.1 cm³/mol. The minimum atomic E-state index is -0.577. The van der Waals surface area contributed by atoms with E-state index < -0.39 is 17.3 Å². The maximum atomic E-state index is 11.7. The van der Waals surface area contributed by atoms with Crippen molar-refractivity contribution < 1.29 is 24.8 Å². The Labute approximate surface area is 95.3 Å². The van der Waals surface area contributed by atoms with Crippen LogP contribution in [0.4, 0.5) is 5.69 Å². The topological polar surface area (TPSA) is 94.7 Å². The molecule has 0 heterocycles. The van der Waals surface area contributed by atoms with Gasteiger partial charge < -0.3 is 5.11 Å². The summed E-state index contributed by atoms with van der Waals surface area (Å²) < 4.78 is 0. The van der Waals surface area contributed by atoms with Gasteiger partial charge in [0.25, 0.3) is 4.92 Å². The number of aliphatic hydroxyl groups is 1. The summed E-state index contributed by atoms with van der Waals surface area (Å²) >= 11 is 0. The second kappa shape index (κ2) is 3.51. The molecule has 86 valence electrons. The average Bonchev–Trinajstić information content (AvgIpc) is 2.51. The van der Waals surface area contributed by atoms with Gasteiger partial charge in [0.2, 0.25) is 5.78 Å². The van der Waals surface area contributed by atoms with Crippen LogP contribution in [-0.4, -0.2) is 26.8 Å². The normalized spacial score (nSPS) is 13.8. The van der Waals surface area contributed by atoms with Gasteiger partial charge in [0.15, 0.2) is 5.78 Å². The molecule has 0 spiro atoms. The van der Waals surface area contributed by atoms with Gasteiger partial charge in [-0.05, 0) is 13.0 Å². The molecule has 1 aromatic carbocycles. The van der Waals surface area contributed by atoms with Crippen LogP contribution >= 0.6 is 0 Å². The van der Waals surface area contributed by atoms with Gasteiger partial charge in [0.05, 0.1) is 4.91 Å². The monoisotopic (exact) mass is 234 g/mol. The zero-order chi connectivity index (χ0) is 12.7. The van der Waals surface area contributed by atoms with E-state index in [4.69, 9.17) is 5.21 Å². The van der Waals surface area contributed by atoms with Gasteiger partial charge in [-0.25, -0.2) is 5.21 Å². The van der Waals surface area contributed by atoms with Crippen LogP contribution in [0.2, 0.25) is 0 Å². The number of nitrogens with zero attached hydrogens (tertiary/aromatic N) is 1. The number of Topliss-reactive ketones (excluding diaryl/α,β-unsaturated/α-hetero) is 2. The van der Waals surface area contributed by atoms with Crippen molar-refractivity contribution in [3.05, 3.63) is 39.8 Å². The molecule has 6 heteroatoms. The van der Waals surface area contributed by atoms with E-state index >= 15 is 0 Å². The summed E-state index contributed by atoms with van der Waals surface area (Å²) in [6.07, 6.45) is 0. The van der Waals surface area contributed by atoms with E-state index in [1.807, 2.05) is 0 Å². The SMILES string of the molecule is CC(=O)C1=C(O)c2cc([N+](=O)O)ccc2C1=O. The number of fused-ring (bicyclic) bond motifs is 1. The van der Waals surface area contributed by atoms with Gasteiger partial charge in [-0.15, -0.1) is 0 Å². The highest BCUT2D eigenvalue weighted by Gasteiger charge is 2.34. The fraction of sp³-hybridized carbons (Fsp3) is 0.0909. The van der Waals surface area contributed by atoms with Crippen molar-refractivity contribution in [1.29, 1.82) is 0 Å². The van der Waals surface area contributed by atoms with Crippen LogP contribution < -0.4 is 0 Å². The maximum Gasteiger partial charge on any atom is 0.317 e. The van der Waals surface area contributed by atoms with Crippen molar-refractivity contribution >= 4 is 23.0 Å². The fourth-order valence-corrected chi connectivity index (χ4v) is 1.75. The smallest absolute Gasteiger partial charge is 0.317 e. The summed E-state index contributed by atoms with van der Waals surface area (Å²) in [5, 5.41) is 18.4. The maximum absolute atomic E-state index is 11.7. The quantitative estimate of drug-likeness (QED) is 0.597. The van der Waals surface area contributed by atoms with Crippen molar-refractivity contribution in [3.8, 4) is 0 Å². The van der Waals surface area contributed by atoms with Gasteiger partial charge in [-0.2, -0.15) is 0 Å². The van der Waals surface area contributed by atoms with Crippen LogP contribution in [0.25, 0.3) is 5.76 Å². The minimum absolute atomic E-state index is 0.0765. The molecular formula is C11H8NO5+. The largest absolute Gasteiger partial charge is 0.506 e. The fourth-order valence-electron chi connectivity index (χ4n) is 1.75. The lowest BCUT2D eigenvalue weighted by Gasteiger charge is -1.95. The molecule has 0 saturated heterocycles. The van der Waals surface area contributed by atoms with E-state index in [1.165, 1.54) is 19.1 Å². The van der Waals surface area contributed by atoms with E-state index in [0.29, 0.717) is 0 Å². The summed E-state index contributed by atoms with van der Waals surface area (Å²) in [6.45, 7) is 1.17. The number of allylic oxidation sites excluding steroid dienone is 1. The first-order valence-corrected chi connectivity index (χ1v) is 4.73. The van der Waals surface area contributed by atoms with Crippen LogP contribution in [0, 0.1) is 4.91 Å². The average molecular weight is 234 g/mol. The molecule has 6 nitrogen and oxygen atoms in total. The number of ketones is 2. The van der Waals surface area contributed by atoms with Crippen LogP contribution in [0.15, 0.2) is 23.8 Å². The highest BCUT2D eigenvalue weighted by atomic mass is 16.6. The summed E-state index contributed by atoms with van der Waals surface area (Å²) in [4.78, 5) is 33.2. The highest BCUT2D eigenvalue weighted by Crippen LogP contribution is 2.33. The molecular weight excluding hydrogens is 226 g/mol. The molecule has 0 saturated carbocycles. The second-order valence-corrected chi connectivity index (χ2v) is 3.61. The van der Waals surface area contributed by atoms with Gasteiger partial charge in [0, 0.05) is 23.3 Å². The first kappa shape index (κ1) is 11.0. The lowest BCUT2D eigenvalue weighted by molar-refractivity contribution is -0.729. The number of carbonyl (C=O) groups is 2. The summed E-state index contributed by atoms with van der Waals surface area (Å²) in [5.41, 5.74) is -0.216. The first-order valence-electron chi connectivity index (χ1n) is 4.73. The van der Waals surface area contributed by atoms with E-state index in [1.54, 1.807) is 0 Å². The summed E-state index contributed by atoms with van der Waals surface area (Å²) in [7, 11) is 0. The zero-order valence-electron chi connectivity index (χ0n) is 8.80. The number of hydrogen-bond donors (Lipinski definition) is 2. The van der Waals surface area contributed by atoms with Crippen LogP contribution in [0.1, 0.15) is 22.8 Å². The number of rotatable bonds is 2. The molecule has 0 radical (unpaired) electrons. The third-order valence-electron chi connectivity index (χ3n) is 2.54. The van der Waals surface area contributed by atoms with Gasteiger partial charge in [-0.3, -0.25) is 9.59 Å². The molecule has 0 fully saturated rings. The van der Waals surface area contributed by atoms with Crippen LogP contribution in [0.5, 0.6) is 0 Å². The van der Waals surface area contributed by atoms with Crippen molar-refractivity contribution in [2.45, 2.75) is 6.92 Å². The van der Waals surface area contributed by atoms with E-state index in [-0.39, 0.29) is 27.3 Å². The highest BCUT2D eigenvalue weighted by molar-refractivity contribution is 6.33. The Balaban J connectivity index is 2.66. The zero-order valence-corrected chi connectivity index (χ0v) is 8.80.